The molecule has 1 aliphatic rings. The Kier molecular flexibility index (Phi) is 4.83. The summed E-state index contributed by atoms with van der Waals surface area (Å²) in [6, 6.07) is 6.17. The number of hydrogen-bond acceptors (Lipinski definition) is 3. The van der Waals surface area contributed by atoms with E-state index >= 15 is 0 Å². The van der Waals surface area contributed by atoms with Gasteiger partial charge in [0.05, 0.1) is 6.42 Å². The third kappa shape index (κ3) is 3.74. The number of piperidine rings is 1. The molecule has 5 heteroatoms. The molecular weight excluding hydrogens is 266 g/mol. The van der Waals surface area contributed by atoms with Gasteiger partial charge in [-0.15, -0.1) is 0 Å². The number of rotatable bonds is 3. The fraction of sp³-hybridized carbons (Fsp3) is 0.500. The summed E-state index contributed by atoms with van der Waals surface area (Å²) in [5, 5.41) is 11.8. The van der Waals surface area contributed by atoms with Gasteiger partial charge in [0.2, 0.25) is 5.91 Å². The van der Waals surface area contributed by atoms with Gasteiger partial charge in [0.1, 0.15) is 5.84 Å². The van der Waals surface area contributed by atoms with Gasteiger partial charge in [-0.3, -0.25) is 4.79 Å². The molecule has 1 aromatic carbocycles. The number of benzene rings is 1. The van der Waals surface area contributed by atoms with Crippen molar-refractivity contribution in [2.75, 3.05) is 13.1 Å². The van der Waals surface area contributed by atoms with Crippen LogP contribution in [0, 0.1) is 19.8 Å². The van der Waals surface area contributed by atoms with Crippen LogP contribution in [0.3, 0.4) is 0 Å². The predicted molar refractivity (Wildman–Crippen MR) is 82.3 cm³/mol. The van der Waals surface area contributed by atoms with Crippen LogP contribution in [0.2, 0.25) is 0 Å². The van der Waals surface area contributed by atoms with Gasteiger partial charge in [-0.05, 0) is 37.8 Å². The zero-order chi connectivity index (χ0) is 15.4. The number of nitrogens with two attached hydrogens (primary N) is 1. The van der Waals surface area contributed by atoms with Crippen molar-refractivity contribution in [3.05, 3.63) is 34.9 Å². The highest BCUT2D eigenvalue weighted by Crippen LogP contribution is 2.19. The van der Waals surface area contributed by atoms with Crippen molar-refractivity contribution in [3.63, 3.8) is 0 Å². The van der Waals surface area contributed by atoms with Gasteiger partial charge in [0.25, 0.3) is 0 Å². The lowest BCUT2D eigenvalue weighted by atomic mass is 9.96. The molecule has 2 rings (SSSR count). The maximum absolute atomic E-state index is 12.5. The van der Waals surface area contributed by atoms with E-state index in [4.69, 9.17) is 10.9 Å². The monoisotopic (exact) mass is 289 g/mol. The quantitative estimate of drug-likeness (QED) is 0.385. The second kappa shape index (κ2) is 6.61. The van der Waals surface area contributed by atoms with Gasteiger partial charge in [0.15, 0.2) is 0 Å². The van der Waals surface area contributed by atoms with Crippen LogP contribution in [-0.2, 0) is 11.2 Å². The third-order valence-electron chi connectivity index (χ3n) is 4.15. The molecule has 1 fully saturated rings. The summed E-state index contributed by atoms with van der Waals surface area (Å²) in [6.45, 7) is 5.35. The van der Waals surface area contributed by atoms with Crippen LogP contribution in [0.5, 0.6) is 0 Å². The fourth-order valence-electron chi connectivity index (χ4n) is 2.79. The standard InChI is InChI=1S/C16H23N3O2/c1-11-5-6-12(2)14(8-11)9-15(20)19-7-3-4-13(10-19)16(17)18-21/h5-6,8,13,21H,3-4,7,9-10H2,1-2H3,(H2,17,18). The summed E-state index contributed by atoms with van der Waals surface area (Å²) >= 11 is 0. The Labute approximate surface area is 125 Å². The van der Waals surface area contributed by atoms with E-state index in [0.717, 1.165) is 36.1 Å². The minimum absolute atomic E-state index is 0.0358. The Morgan fingerprint density at radius 3 is 2.95 bits per heavy atom. The maximum atomic E-state index is 12.5. The Bertz CT molecular complexity index is 554. The normalized spacial score (nSPS) is 19.6. The number of carbonyl (C=O) groups is 1. The van der Waals surface area contributed by atoms with Gasteiger partial charge >= 0.3 is 0 Å². The Morgan fingerprint density at radius 2 is 2.24 bits per heavy atom. The topological polar surface area (TPSA) is 78.9 Å². The van der Waals surface area contributed by atoms with E-state index in [1.807, 2.05) is 24.8 Å². The van der Waals surface area contributed by atoms with E-state index in [-0.39, 0.29) is 17.7 Å². The molecule has 1 amide bonds. The van der Waals surface area contributed by atoms with E-state index in [9.17, 15) is 4.79 Å². The molecule has 1 aliphatic heterocycles. The van der Waals surface area contributed by atoms with Crippen molar-refractivity contribution in [2.45, 2.75) is 33.1 Å². The number of oxime groups is 1. The zero-order valence-corrected chi connectivity index (χ0v) is 12.7. The van der Waals surface area contributed by atoms with Crippen molar-refractivity contribution in [2.24, 2.45) is 16.8 Å². The molecule has 0 saturated carbocycles. The van der Waals surface area contributed by atoms with Crippen LogP contribution in [0.1, 0.15) is 29.5 Å². The molecule has 114 valence electrons. The lowest BCUT2D eigenvalue weighted by Crippen LogP contribution is -2.44. The van der Waals surface area contributed by atoms with Crippen molar-refractivity contribution in [1.82, 2.24) is 4.90 Å². The van der Waals surface area contributed by atoms with Gasteiger partial charge in [-0.1, -0.05) is 28.9 Å². The van der Waals surface area contributed by atoms with Crippen LogP contribution < -0.4 is 5.73 Å². The minimum Gasteiger partial charge on any atom is -0.409 e. The van der Waals surface area contributed by atoms with Crippen molar-refractivity contribution in [1.29, 1.82) is 0 Å². The molecule has 21 heavy (non-hydrogen) atoms. The molecule has 1 atom stereocenters. The largest absolute Gasteiger partial charge is 0.409 e. The van der Waals surface area contributed by atoms with Gasteiger partial charge in [0, 0.05) is 19.0 Å². The molecule has 0 radical (unpaired) electrons. The number of likely N-dealkylation sites (tertiary alicyclic amines) is 1. The molecule has 0 aromatic heterocycles. The van der Waals surface area contributed by atoms with Crippen molar-refractivity contribution in [3.8, 4) is 0 Å². The Balaban J connectivity index is 2.04. The lowest BCUT2D eigenvalue weighted by molar-refractivity contribution is -0.131. The van der Waals surface area contributed by atoms with E-state index in [1.165, 1.54) is 0 Å². The first-order valence-corrected chi connectivity index (χ1v) is 7.32. The van der Waals surface area contributed by atoms with Crippen LogP contribution in [0.15, 0.2) is 23.4 Å². The highest BCUT2D eigenvalue weighted by atomic mass is 16.4. The first kappa shape index (κ1) is 15.4. The fourth-order valence-corrected chi connectivity index (χ4v) is 2.79. The third-order valence-corrected chi connectivity index (χ3v) is 4.15. The number of aryl methyl sites for hydroxylation is 2. The second-order valence-electron chi connectivity index (χ2n) is 5.81. The maximum Gasteiger partial charge on any atom is 0.227 e. The summed E-state index contributed by atoms with van der Waals surface area (Å²) in [5.41, 5.74) is 9.04. The molecule has 1 unspecified atom stereocenters. The first-order valence-electron chi connectivity index (χ1n) is 7.32. The molecule has 1 saturated heterocycles. The van der Waals surface area contributed by atoms with Gasteiger partial charge in [-0.2, -0.15) is 0 Å². The van der Waals surface area contributed by atoms with Crippen molar-refractivity contribution >= 4 is 11.7 Å². The molecular formula is C16H23N3O2. The first-order chi connectivity index (χ1) is 10.0. The molecule has 1 aromatic rings. The lowest BCUT2D eigenvalue weighted by Gasteiger charge is -2.32. The predicted octanol–water partition coefficient (Wildman–Crippen LogP) is 1.83. The number of nitrogens with zero attached hydrogens (tertiary/aromatic N) is 2. The number of amidine groups is 1. The molecule has 0 spiro atoms. The molecule has 0 bridgehead atoms. The average Bonchev–Trinajstić information content (AvgIpc) is 2.50. The summed E-state index contributed by atoms with van der Waals surface area (Å²) < 4.78 is 0. The molecule has 5 nitrogen and oxygen atoms in total. The highest BCUT2D eigenvalue weighted by molar-refractivity contribution is 5.84. The van der Waals surface area contributed by atoms with E-state index in [2.05, 4.69) is 17.3 Å². The summed E-state index contributed by atoms with van der Waals surface area (Å²) in [7, 11) is 0. The summed E-state index contributed by atoms with van der Waals surface area (Å²) in [6.07, 6.45) is 2.17. The Hall–Kier alpha value is -2.04. The second-order valence-corrected chi connectivity index (χ2v) is 5.81. The van der Waals surface area contributed by atoms with E-state index in [1.54, 1.807) is 0 Å². The van der Waals surface area contributed by atoms with Crippen LogP contribution in [-0.4, -0.2) is 34.9 Å². The number of hydrogen-bond donors (Lipinski definition) is 2. The van der Waals surface area contributed by atoms with Crippen LogP contribution in [0.25, 0.3) is 0 Å². The van der Waals surface area contributed by atoms with E-state index < -0.39 is 0 Å². The van der Waals surface area contributed by atoms with Gasteiger partial charge in [-0.25, -0.2) is 0 Å². The SMILES string of the molecule is Cc1ccc(C)c(CC(=O)N2CCCC(C(N)=NO)C2)c1. The molecule has 0 aliphatic carbocycles. The Morgan fingerprint density at radius 1 is 1.48 bits per heavy atom. The highest BCUT2D eigenvalue weighted by Gasteiger charge is 2.26. The molecule has 3 N–H and O–H groups in total. The molecule has 1 heterocycles. The average molecular weight is 289 g/mol. The number of carbonyl (C=O) groups excluding carboxylic acids is 1. The van der Waals surface area contributed by atoms with Crippen molar-refractivity contribution < 1.29 is 10.0 Å². The summed E-state index contributed by atoms with van der Waals surface area (Å²) in [5.74, 6) is 0.296. The smallest absolute Gasteiger partial charge is 0.227 e. The zero-order valence-electron chi connectivity index (χ0n) is 12.7. The number of amides is 1. The minimum atomic E-state index is -0.0358. The summed E-state index contributed by atoms with van der Waals surface area (Å²) in [4.78, 5) is 14.3. The van der Waals surface area contributed by atoms with Crippen LogP contribution >= 0.6 is 0 Å². The van der Waals surface area contributed by atoms with Crippen LogP contribution in [0.4, 0.5) is 0 Å². The van der Waals surface area contributed by atoms with Gasteiger partial charge < -0.3 is 15.8 Å². The van der Waals surface area contributed by atoms with E-state index in [0.29, 0.717) is 13.0 Å².